The Morgan fingerprint density at radius 1 is 1.53 bits per heavy atom. The van der Waals surface area contributed by atoms with Crippen LogP contribution in [0.1, 0.15) is 43.1 Å². The van der Waals surface area contributed by atoms with E-state index in [1.165, 1.54) is 0 Å². The average molecular weight is 265 g/mol. The predicted octanol–water partition coefficient (Wildman–Crippen LogP) is 1.47. The van der Waals surface area contributed by atoms with Crippen LogP contribution in [0, 0.1) is 0 Å². The topological polar surface area (TPSA) is 71.5 Å². The van der Waals surface area contributed by atoms with Crippen molar-refractivity contribution in [2.75, 3.05) is 18.9 Å². The Bertz CT molecular complexity index is 436. The minimum Gasteiger partial charge on any atom is -0.397 e. The van der Waals surface area contributed by atoms with Crippen molar-refractivity contribution in [1.29, 1.82) is 0 Å². The van der Waals surface area contributed by atoms with Gasteiger partial charge in [0.25, 0.3) is 5.91 Å². The van der Waals surface area contributed by atoms with E-state index in [9.17, 15) is 9.90 Å². The van der Waals surface area contributed by atoms with Crippen molar-refractivity contribution in [3.05, 3.63) is 18.0 Å². The number of anilines is 1. The van der Waals surface area contributed by atoms with Gasteiger partial charge in [-0.25, -0.2) is 0 Å². The summed E-state index contributed by atoms with van der Waals surface area (Å²) in [6, 6.07) is 1.99. The fourth-order valence-corrected chi connectivity index (χ4v) is 2.89. The highest BCUT2D eigenvalue weighted by molar-refractivity contribution is 5.94. The van der Waals surface area contributed by atoms with Crippen LogP contribution >= 0.6 is 0 Å². The van der Waals surface area contributed by atoms with Crippen molar-refractivity contribution in [2.24, 2.45) is 0 Å². The summed E-state index contributed by atoms with van der Waals surface area (Å²) in [5.41, 5.74) is 7.02. The van der Waals surface area contributed by atoms with Crippen LogP contribution in [0.4, 0.5) is 5.69 Å². The van der Waals surface area contributed by atoms with Crippen molar-refractivity contribution >= 4 is 11.6 Å². The molecule has 106 valence electrons. The molecule has 19 heavy (non-hydrogen) atoms. The first-order valence-corrected chi connectivity index (χ1v) is 7.04. The number of aliphatic hydroxyl groups excluding tert-OH is 1. The number of aryl methyl sites for hydroxylation is 1. The minimum absolute atomic E-state index is 0.00452. The van der Waals surface area contributed by atoms with Gasteiger partial charge in [0.05, 0.1) is 12.3 Å². The number of aliphatic hydroxyl groups is 1. The monoisotopic (exact) mass is 265 g/mol. The highest BCUT2D eigenvalue weighted by atomic mass is 16.3. The smallest absolute Gasteiger partial charge is 0.270 e. The highest BCUT2D eigenvalue weighted by Crippen LogP contribution is 2.25. The molecule has 1 amide bonds. The molecule has 5 heteroatoms. The minimum atomic E-state index is -0.0144. The number of amides is 1. The Kier molecular flexibility index (Phi) is 4.47. The second kappa shape index (κ2) is 6.10. The van der Waals surface area contributed by atoms with Crippen LogP contribution in [-0.2, 0) is 6.54 Å². The van der Waals surface area contributed by atoms with Crippen molar-refractivity contribution in [2.45, 2.75) is 45.2 Å². The van der Waals surface area contributed by atoms with E-state index in [0.29, 0.717) is 17.9 Å². The van der Waals surface area contributed by atoms with Crippen molar-refractivity contribution < 1.29 is 9.90 Å². The zero-order chi connectivity index (χ0) is 13.8. The Hall–Kier alpha value is -1.49. The van der Waals surface area contributed by atoms with Gasteiger partial charge in [0, 0.05) is 25.3 Å². The van der Waals surface area contributed by atoms with Gasteiger partial charge in [-0.05, 0) is 25.8 Å². The first-order chi connectivity index (χ1) is 9.17. The van der Waals surface area contributed by atoms with Gasteiger partial charge in [-0.2, -0.15) is 0 Å². The maximum absolute atomic E-state index is 12.7. The van der Waals surface area contributed by atoms with Crippen LogP contribution in [0.25, 0.3) is 0 Å². The first-order valence-electron chi connectivity index (χ1n) is 7.04. The molecule has 0 bridgehead atoms. The molecule has 0 aromatic carbocycles. The van der Waals surface area contributed by atoms with Crippen LogP contribution < -0.4 is 5.73 Å². The van der Waals surface area contributed by atoms with E-state index in [2.05, 4.69) is 0 Å². The second-order valence-corrected chi connectivity index (χ2v) is 5.11. The van der Waals surface area contributed by atoms with Gasteiger partial charge in [-0.3, -0.25) is 4.79 Å². The Labute approximate surface area is 114 Å². The average Bonchev–Trinajstić information content (AvgIpc) is 3.04. The van der Waals surface area contributed by atoms with Gasteiger partial charge in [-0.15, -0.1) is 0 Å². The highest BCUT2D eigenvalue weighted by Gasteiger charge is 2.28. The summed E-state index contributed by atoms with van der Waals surface area (Å²) in [5, 5.41) is 9.20. The normalized spacial score (nSPS) is 15.9. The van der Waals surface area contributed by atoms with Gasteiger partial charge in [0.1, 0.15) is 5.69 Å². The fourth-order valence-electron chi connectivity index (χ4n) is 2.89. The SMILES string of the molecule is CCn1cc(N)cc1C(=O)N(CCO)C1CCCC1. The molecule has 0 spiro atoms. The lowest BCUT2D eigenvalue weighted by atomic mass is 10.2. The summed E-state index contributed by atoms with van der Waals surface area (Å²) in [4.78, 5) is 14.5. The molecule has 0 unspecified atom stereocenters. The number of rotatable bonds is 5. The lowest BCUT2D eigenvalue weighted by molar-refractivity contribution is 0.0627. The van der Waals surface area contributed by atoms with Gasteiger partial charge >= 0.3 is 0 Å². The standard InChI is InChI=1S/C14H23N3O2/c1-2-16-10-11(15)9-13(16)14(19)17(7-8-18)12-5-3-4-6-12/h9-10,12,18H,2-8,15H2,1H3. The van der Waals surface area contributed by atoms with E-state index in [0.717, 1.165) is 32.2 Å². The molecule has 1 aliphatic carbocycles. The molecule has 0 saturated heterocycles. The summed E-state index contributed by atoms with van der Waals surface area (Å²) >= 11 is 0. The number of hydrogen-bond donors (Lipinski definition) is 2. The molecule has 1 aromatic heterocycles. The summed E-state index contributed by atoms with van der Waals surface area (Å²) in [5.74, 6) is -0.0144. The fraction of sp³-hybridized carbons (Fsp3) is 0.643. The van der Waals surface area contributed by atoms with Crippen LogP contribution in [0.5, 0.6) is 0 Å². The van der Waals surface area contributed by atoms with Crippen molar-refractivity contribution in [3.63, 3.8) is 0 Å². The van der Waals surface area contributed by atoms with E-state index < -0.39 is 0 Å². The van der Waals surface area contributed by atoms with Crippen molar-refractivity contribution in [1.82, 2.24) is 9.47 Å². The third-order valence-corrected chi connectivity index (χ3v) is 3.84. The number of carbonyl (C=O) groups excluding carboxylic acids is 1. The molecular weight excluding hydrogens is 242 g/mol. The van der Waals surface area contributed by atoms with E-state index in [-0.39, 0.29) is 18.6 Å². The van der Waals surface area contributed by atoms with Crippen LogP contribution in [0.3, 0.4) is 0 Å². The molecule has 1 heterocycles. The number of nitrogens with two attached hydrogens (primary N) is 1. The summed E-state index contributed by atoms with van der Waals surface area (Å²) < 4.78 is 1.87. The number of nitrogens with zero attached hydrogens (tertiary/aromatic N) is 2. The molecule has 1 fully saturated rings. The zero-order valence-electron chi connectivity index (χ0n) is 11.5. The third kappa shape index (κ3) is 2.92. The molecule has 5 nitrogen and oxygen atoms in total. The van der Waals surface area contributed by atoms with E-state index >= 15 is 0 Å². The van der Waals surface area contributed by atoms with Gasteiger partial charge in [0.2, 0.25) is 0 Å². The largest absolute Gasteiger partial charge is 0.397 e. The molecule has 0 radical (unpaired) electrons. The van der Waals surface area contributed by atoms with Crippen LogP contribution in [0.2, 0.25) is 0 Å². The van der Waals surface area contributed by atoms with Gasteiger partial charge in [0.15, 0.2) is 0 Å². The Morgan fingerprint density at radius 3 is 2.79 bits per heavy atom. The molecule has 2 rings (SSSR count). The third-order valence-electron chi connectivity index (χ3n) is 3.84. The number of carbonyl (C=O) groups is 1. The maximum atomic E-state index is 12.7. The molecule has 1 aromatic rings. The summed E-state index contributed by atoms with van der Waals surface area (Å²) in [7, 11) is 0. The van der Waals surface area contributed by atoms with Gasteiger partial charge < -0.3 is 20.3 Å². The maximum Gasteiger partial charge on any atom is 0.270 e. The lowest BCUT2D eigenvalue weighted by Crippen LogP contribution is -2.41. The van der Waals surface area contributed by atoms with E-state index in [1.54, 1.807) is 12.3 Å². The Morgan fingerprint density at radius 2 is 2.21 bits per heavy atom. The van der Waals surface area contributed by atoms with E-state index in [1.807, 2.05) is 16.4 Å². The zero-order valence-corrected chi connectivity index (χ0v) is 11.5. The quantitative estimate of drug-likeness (QED) is 0.847. The van der Waals surface area contributed by atoms with Crippen molar-refractivity contribution in [3.8, 4) is 0 Å². The molecule has 0 atom stereocenters. The molecule has 0 aliphatic heterocycles. The predicted molar refractivity (Wildman–Crippen MR) is 74.9 cm³/mol. The first kappa shape index (κ1) is 13.9. The Balaban J connectivity index is 2.22. The van der Waals surface area contributed by atoms with Gasteiger partial charge in [-0.1, -0.05) is 12.8 Å². The molecule has 1 saturated carbocycles. The molecule has 3 N–H and O–H groups in total. The lowest BCUT2D eigenvalue weighted by Gasteiger charge is -2.28. The summed E-state index contributed by atoms with van der Waals surface area (Å²) in [6.07, 6.45) is 6.19. The van der Waals surface area contributed by atoms with Crippen LogP contribution in [-0.4, -0.2) is 39.7 Å². The molecular formula is C14H23N3O2. The molecule has 1 aliphatic rings. The van der Waals surface area contributed by atoms with Crippen LogP contribution in [0.15, 0.2) is 12.3 Å². The van der Waals surface area contributed by atoms with E-state index in [4.69, 9.17) is 5.73 Å². The number of hydrogen-bond acceptors (Lipinski definition) is 3. The number of nitrogen functional groups attached to an aromatic ring is 1. The second-order valence-electron chi connectivity index (χ2n) is 5.11. The number of aromatic nitrogens is 1. The summed E-state index contributed by atoms with van der Waals surface area (Å²) in [6.45, 7) is 3.11.